The Bertz CT molecular complexity index is 430. The van der Waals surface area contributed by atoms with Gasteiger partial charge in [0.25, 0.3) is 0 Å². The molecule has 3 atom stereocenters. The van der Waals surface area contributed by atoms with Crippen molar-refractivity contribution in [3.8, 4) is 0 Å². The Labute approximate surface area is 125 Å². The summed E-state index contributed by atoms with van der Waals surface area (Å²) in [4.78, 5) is 0. The number of nitrogens with two attached hydrogens (primary N) is 1. The van der Waals surface area contributed by atoms with Crippen LogP contribution in [0.15, 0.2) is 24.3 Å². The molecule has 1 nitrogen and oxygen atoms in total. The topological polar surface area (TPSA) is 26.0 Å². The first-order valence-electron chi connectivity index (χ1n) is 8.30. The summed E-state index contributed by atoms with van der Waals surface area (Å²) in [5, 5.41) is 0. The van der Waals surface area contributed by atoms with Gasteiger partial charge >= 0.3 is 0 Å². The first-order valence-corrected chi connectivity index (χ1v) is 8.30. The Morgan fingerprint density at radius 2 is 1.80 bits per heavy atom. The largest absolute Gasteiger partial charge is 0.324 e. The number of hydrogen-bond donors (Lipinski definition) is 1. The molecule has 0 spiro atoms. The summed E-state index contributed by atoms with van der Waals surface area (Å²) >= 11 is 0. The van der Waals surface area contributed by atoms with Gasteiger partial charge < -0.3 is 5.73 Å². The van der Waals surface area contributed by atoms with Crippen LogP contribution in [0.1, 0.15) is 77.0 Å². The fourth-order valence-corrected chi connectivity index (χ4v) is 3.92. The molecule has 1 aliphatic rings. The molecule has 1 aliphatic carbocycles. The molecule has 1 saturated carbocycles. The van der Waals surface area contributed by atoms with Gasteiger partial charge in [-0.05, 0) is 34.8 Å². The Balaban J connectivity index is 2.31. The van der Waals surface area contributed by atoms with Crippen molar-refractivity contribution in [2.75, 3.05) is 0 Å². The molecular weight excluding hydrogens is 242 g/mol. The third kappa shape index (κ3) is 3.25. The lowest BCUT2D eigenvalue weighted by atomic mass is 9.70. The number of benzene rings is 1. The van der Waals surface area contributed by atoms with Crippen molar-refractivity contribution >= 4 is 0 Å². The fourth-order valence-electron chi connectivity index (χ4n) is 3.92. The molecule has 0 heterocycles. The van der Waals surface area contributed by atoms with E-state index in [-0.39, 0.29) is 11.5 Å². The average molecular weight is 273 g/mol. The SMILES string of the molecule is CCC1CCCCC1C(N)c1ccccc1C(C)(C)C. The maximum Gasteiger partial charge on any atom is 0.0329 e. The second-order valence-electron chi connectivity index (χ2n) is 7.48. The molecule has 1 aromatic carbocycles. The van der Waals surface area contributed by atoms with Gasteiger partial charge in [-0.2, -0.15) is 0 Å². The van der Waals surface area contributed by atoms with Gasteiger partial charge in [0.2, 0.25) is 0 Å². The van der Waals surface area contributed by atoms with E-state index in [1.807, 2.05) is 0 Å². The van der Waals surface area contributed by atoms with Crippen LogP contribution in [-0.4, -0.2) is 0 Å². The highest BCUT2D eigenvalue weighted by Crippen LogP contribution is 2.41. The summed E-state index contributed by atoms with van der Waals surface area (Å²) in [6, 6.07) is 9.02. The summed E-state index contributed by atoms with van der Waals surface area (Å²) in [5.74, 6) is 1.48. The van der Waals surface area contributed by atoms with Crippen molar-refractivity contribution in [2.24, 2.45) is 17.6 Å². The zero-order chi connectivity index (χ0) is 14.8. The third-order valence-corrected chi connectivity index (χ3v) is 5.08. The quantitative estimate of drug-likeness (QED) is 0.804. The van der Waals surface area contributed by atoms with Gasteiger partial charge in [0.15, 0.2) is 0 Å². The van der Waals surface area contributed by atoms with Crippen LogP contribution >= 0.6 is 0 Å². The smallest absolute Gasteiger partial charge is 0.0329 e. The van der Waals surface area contributed by atoms with Crippen LogP contribution in [0.2, 0.25) is 0 Å². The van der Waals surface area contributed by atoms with Crippen LogP contribution in [0.5, 0.6) is 0 Å². The minimum Gasteiger partial charge on any atom is -0.324 e. The molecule has 1 fully saturated rings. The van der Waals surface area contributed by atoms with Gasteiger partial charge in [0, 0.05) is 6.04 Å². The van der Waals surface area contributed by atoms with Gasteiger partial charge in [-0.3, -0.25) is 0 Å². The highest BCUT2D eigenvalue weighted by molar-refractivity contribution is 5.35. The Morgan fingerprint density at radius 3 is 2.45 bits per heavy atom. The van der Waals surface area contributed by atoms with Gasteiger partial charge in [-0.15, -0.1) is 0 Å². The van der Waals surface area contributed by atoms with Crippen LogP contribution in [0, 0.1) is 11.8 Å². The van der Waals surface area contributed by atoms with Crippen molar-refractivity contribution in [3.63, 3.8) is 0 Å². The van der Waals surface area contributed by atoms with Gasteiger partial charge in [0.05, 0.1) is 0 Å². The maximum absolute atomic E-state index is 6.73. The van der Waals surface area contributed by atoms with Crippen LogP contribution < -0.4 is 5.73 Å². The second kappa shape index (κ2) is 6.30. The van der Waals surface area contributed by atoms with Gasteiger partial charge in [-0.25, -0.2) is 0 Å². The van der Waals surface area contributed by atoms with Crippen molar-refractivity contribution in [1.82, 2.24) is 0 Å². The molecule has 20 heavy (non-hydrogen) atoms. The van der Waals surface area contributed by atoms with E-state index in [0.717, 1.165) is 5.92 Å². The average Bonchev–Trinajstić information content (AvgIpc) is 2.45. The first-order chi connectivity index (χ1) is 9.45. The van der Waals surface area contributed by atoms with Crippen LogP contribution in [0.25, 0.3) is 0 Å². The van der Waals surface area contributed by atoms with E-state index < -0.39 is 0 Å². The van der Waals surface area contributed by atoms with E-state index in [0.29, 0.717) is 5.92 Å². The lowest BCUT2D eigenvalue weighted by molar-refractivity contribution is 0.195. The molecule has 0 amide bonds. The number of rotatable bonds is 3. The molecule has 1 heteroatoms. The number of hydrogen-bond acceptors (Lipinski definition) is 1. The lowest BCUT2D eigenvalue weighted by Gasteiger charge is -2.37. The third-order valence-electron chi connectivity index (χ3n) is 5.08. The predicted molar refractivity (Wildman–Crippen MR) is 87.8 cm³/mol. The molecule has 0 bridgehead atoms. The molecule has 2 N–H and O–H groups in total. The summed E-state index contributed by atoms with van der Waals surface area (Å²) in [6.07, 6.45) is 6.69. The molecule has 0 aromatic heterocycles. The first kappa shape index (κ1) is 15.6. The monoisotopic (exact) mass is 273 g/mol. The summed E-state index contributed by atoms with van der Waals surface area (Å²) in [5.41, 5.74) is 9.71. The van der Waals surface area contributed by atoms with E-state index in [4.69, 9.17) is 5.73 Å². The van der Waals surface area contributed by atoms with E-state index in [1.54, 1.807) is 0 Å². The van der Waals surface area contributed by atoms with Crippen LogP contribution in [-0.2, 0) is 5.41 Å². The van der Waals surface area contributed by atoms with Crippen molar-refractivity contribution < 1.29 is 0 Å². The fraction of sp³-hybridized carbons (Fsp3) is 0.684. The Morgan fingerprint density at radius 1 is 1.15 bits per heavy atom. The maximum atomic E-state index is 6.73. The van der Waals surface area contributed by atoms with Crippen molar-refractivity contribution in [3.05, 3.63) is 35.4 Å². The molecule has 2 rings (SSSR count). The zero-order valence-electron chi connectivity index (χ0n) is 13.7. The van der Waals surface area contributed by atoms with E-state index in [1.165, 1.54) is 43.2 Å². The minimum atomic E-state index is 0.171. The van der Waals surface area contributed by atoms with E-state index in [2.05, 4.69) is 52.0 Å². The molecule has 112 valence electrons. The second-order valence-corrected chi connectivity index (χ2v) is 7.48. The molecular formula is C19H31N. The molecule has 1 aromatic rings. The summed E-state index contributed by atoms with van der Waals surface area (Å²) < 4.78 is 0. The molecule has 3 unspecified atom stereocenters. The summed E-state index contributed by atoms with van der Waals surface area (Å²) in [7, 11) is 0. The Kier molecular flexibility index (Phi) is 4.90. The summed E-state index contributed by atoms with van der Waals surface area (Å²) in [6.45, 7) is 9.19. The molecule has 0 saturated heterocycles. The van der Waals surface area contributed by atoms with E-state index in [9.17, 15) is 0 Å². The normalized spacial score (nSPS) is 25.4. The highest BCUT2D eigenvalue weighted by atomic mass is 14.7. The van der Waals surface area contributed by atoms with E-state index >= 15 is 0 Å². The Hall–Kier alpha value is -0.820. The minimum absolute atomic E-state index is 0.171. The van der Waals surface area contributed by atoms with Crippen LogP contribution in [0.4, 0.5) is 0 Å². The van der Waals surface area contributed by atoms with Crippen LogP contribution in [0.3, 0.4) is 0 Å². The lowest BCUT2D eigenvalue weighted by Crippen LogP contribution is -2.32. The van der Waals surface area contributed by atoms with Gasteiger partial charge in [-0.1, -0.05) is 77.6 Å². The molecule has 0 aliphatic heterocycles. The van der Waals surface area contributed by atoms with Crippen molar-refractivity contribution in [2.45, 2.75) is 71.3 Å². The van der Waals surface area contributed by atoms with Crippen molar-refractivity contribution in [1.29, 1.82) is 0 Å². The van der Waals surface area contributed by atoms with Gasteiger partial charge in [0.1, 0.15) is 0 Å². The highest BCUT2D eigenvalue weighted by Gasteiger charge is 2.31. The standard InChI is InChI=1S/C19H31N/c1-5-14-10-6-7-11-15(14)18(20)16-12-8-9-13-17(16)19(2,3)4/h8-9,12-15,18H,5-7,10-11,20H2,1-4H3. The molecule has 0 radical (unpaired) electrons. The zero-order valence-corrected chi connectivity index (χ0v) is 13.7. The predicted octanol–water partition coefficient (Wildman–Crippen LogP) is 5.20.